The highest BCUT2D eigenvalue weighted by atomic mass is 19.1. The number of nitrogens with one attached hydrogen (secondary N) is 1. The molecule has 3 aromatic heterocycles. The van der Waals surface area contributed by atoms with E-state index in [9.17, 15) is 0 Å². The van der Waals surface area contributed by atoms with Crippen LogP contribution in [0.4, 0.5) is 20.4 Å². The van der Waals surface area contributed by atoms with Crippen molar-refractivity contribution in [3.63, 3.8) is 0 Å². The predicted octanol–water partition coefficient (Wildman–Crippen LogP) is 5.56. The molecule has 4 atom stereocenters. The third-order valence-corrected chi connectivity index (χ3v) is 8.41. The maximum atomic E-state index is 15.3. The molecule has 40 heavy (non-hydrogen) atoms. The van der Waals surface area contributed by atoms with E-state index in [0.29, 0.717) is 36.2 Å². The summed E-state index contributed by atoms with van der Waals surface area (Å²) in [6, 6.07) is 8.15. The molecule has 210 valence electrons. The molecule has 2 aliphatic rings. The van der Waals surface area contributed by atoms with Gasteiger partial charge in [-0.05, 0) is 84.9 Å². The van der Waals surface area contributed by atoms with E-state index in [4.69, 9.17) is 15.2 Å². The summed E-state index contributed by atoms with van der Waals surface area (Å²) in [6.45, 7) is 3.36. The zero-order valence-electron chi connectivity index (χ0n) is 22.7. The Morgan fingerprint density at radius 3 is 2.55 bits per heavy atom. The number of ether oxygens (including phenoxy) is 2. The average molecular weight is 549 g/mol. The zero-order valence-corrected chi connectivity index (χ0v) is 22.7. The number of rotatable bonds is 6. The Kier molecular flexibility index (Phi) is 7.48. The number of imidazole rings is 1. The van der Waals surface area contributed by atoms with Gasteiger partial charge in [0, 0.05) is 32.6 Å². The first-order valence-electron chi connectivity index (χ1n) is 13.8. The summed E-state index contributed by atoms with van der Waals surface area (Å²) in [5, 5.41) is 7.95. The van der Waals surface area contributed by atoms with Gasteiger partial charge in [0.1, 0.15) is 11.6 Å². The summed E-state index contributed by atoms with van der Waals surface area (Å²) in [4.78, 5) is 8.83. The molecule has 1 aliphatic heterocycles. The lowest BCUT2D eigenvalue weighted by Crippen LogP contribution is -2.45. The van der Waals surface area contributed by atoms with Crippen LogP contribution in [0.1, 0.15) is 55.6 Å². The number of pyridine rings is 1. The maximum absolute atomic E-state index is 15.3. The minimum Gasteiger partial charge on any atom is -0.381 e. The third-order valence-electron chi connectivity index (χ3n) is 8.41. The SMILES string of the molecule is CO[C@@H]1[C@H](N)C[C@H](c2ccncc2Nc2ncc3ccc(-c4c(F)cc(C5CCOCC5)cc4F)nn23)C[C@@H]1C. The number of halogens is 2. The molecule has 2 fully saturated rings. The first-order valence-corrected chi connectivity index (χ1v) is 13.8. The maximum Gasteiger partial charge on any atom is 0.229 e. The number of hydrogen-bond acceptors (Lipinski definition) is 7. The standard InChI is InChI=1S/C30H34F2N6O2/c1-17-11-20(14-25(33)29(17)39-2)22-5-8-34-16-27(22)36-30-35-15-21-3-4-26(37-38(21)30)28-23(31)12-19(13-24(28)32)18-6-9-40-10-7-18/h3-5,8,12-13,15-18,20,25,29H,6-7,9-11,14,33H2,1-2H3,(H,35,36)/t17-,20+,25+,29-/m0/s1. The number of anilines is 2. The van der Waals surface area contributed by atoms with Gasteiger partial charge in [0.15, 0.2) is 0 Å². The first-order chi connectivity index (χ1) is 19.4. The van der Waals surface area contributed by atoms with Gasteiger partial charge >= 0.3 is 0 Å². The van der Waals surface area contributed by atoms with E-state index in [1.165, 1.54) is 12.1 Å². The monoisotopic (exact) mass is 548 g/mol. The van der Waals surface area contributed by atoms with Crippen molar-refractivity contribution in [2.75, 3.05) is 25.6 Å². The van der Waals surface area contributed by atoms with Crippen LogP contribution in [0.2, 0.25) is 0 Å². The Labute approximate surface area is 231 Å². The van der Waals surface area contributed by atoms with Crippen molar-refractivity contribution in [1.29, 1.82) is 0 Å². The quantitative estimate of drug-likeness (QED) is 0.325. The molecule has 1 aliphatic carbocycles. The van der Waals surface area contributed by atoms with E-state index in [1.54, 1.807) is 42.3 Å². The van der Waals surface area contributed by atoms with E-state index in [2.05, 4.69) is 27.3 Å². The van der Waals surface area contributed by atoms with Gasteiger partial charge in [-0.1, -0.05) is 6.92 Å². The normalized spacial score (nSPS) is 23.9. The van der Waals surface area contributed by atoms with Crippen LogP contribution in [0.15, 0.2) is 48.9 Å². The van der Waals surface area contributed by atoms with Crippen LogP contribution in [-0.4, -0.2) is 52.1 Å². The molecule has 10 heteroatoms. The average Bonchev–Trinajstić information content (AvgIpc) is 3.35. The van der Waals surface area contributed by atoms with Gasteiger partial charge in [0.25, 0.3) is 0 Å². The predicted molar refractivity (Wildman–Crippen MR) is 149 cm³/mol. The lowest BCUT2D eigenvalue weighted by atomic mass is 9.74. The minimum atomic E-state index is -0.630. The van der Waals surface area contributed by atoms with Gasteiger partial charge < -0.3 is 20.5 Å². The molecular weight excluding hydrogens is 514 g/mol. The number of fused-ring (bicyclic) bond motifs is 1. The Hall–Kier alpha value is -3.47. The summed E-state index contributed by atoms with van der Waals surface area (Å²) >= 11 is 0. The molecule has 1 saturated carbocycles. The zero-order chi connectivity index (χ0) is 27.8. The summed E-state index contributed by atoms with van der Waals surface area (Å²) in [7, 11) is 1.71. The molecule has 1 aromatic carbocycles. The third kappa shape index (κ3) is 5.07. The lowest BCUT2D eigenvalue weighted by molar-refractivity contribution is 0.00984. The second-order valence-corrected chi connectivity index (χ2v) is 11.0. The number of benzene rings is 1. The van der Waals surface area contributed by atoms with Crippen LogP contribution in [0.3, 0.4) is 0 Å². The van der Waals surface area contributed by atoms with Crippen molar-refractivity contribution in [3.8, 4) is 11.3 Å². The summed E-state index contributed by atoms with van der Waals surface area (Å²) in [5.74, 6) is -0.228. The van der Waals surface area contributed by atoms with Gasteiger partial charge in [0.2, 0.25) is 5.95 Å². The highest BCUT2D eigenvalue weighted by molar-refractivity contribution is 5.66. The molecular formula is C30H34F2N6O2. The molecule has 8 nitrogen and oxygen atoms in total. The number of nitrogens with two attached hydrogens (primary N) is 1. The summed E-state index contributed by atoms with van der Waals surface area (Å²) < 4.78 is 43.2. The van der Waals surface area contributed by atoms with Crippen LogP contribution in [-0.2, 0) is 9.47 Å². The van der Waals surface area contributed by atoms with Crippen LogP contribution in [0.25, 0.3) is 16.8 Å². The van der Waals surface area contributed by atoms with E-state index in [1.807, 2.05) is 6.07 Å². The molecule has 4 aromatic rings. The van der Waals surface area contributed by atoms with Crippen molar-refractivity contribution >= 4 is 17.2 Å². The summed E-state index contributed by atoms with van der Waals surface area (Å²) in [6.07, 6.45) is 8.44. The molecule has 0 unspecified atom stereocenters. The fraction of sp³-hybridized carbons (Fsp3) is 0.433. The van der Waals surface area contributed by atoms with Gasteiger partial charge in [-0.15, -0.1) is 0 Å². The van der Waals surface area contributed by atoms with Gasteiger partial charge in [-0.2, -0.15) is 9.61 Å². The smallest absolute Gasteiger partial charge is 0.229 e. The van der Waals surface area contributed by atoms with Crippen LogP contribution >= 0.6 is 0 Å². The molecule has 4 heterocycles. The Bertz CT molecular complexity index is 1470. The van der Waals surface area contributed by atoms with Gasteiger partial charge in [0.05, 0.1) is 41.0 Å². The molecule has 0 radical (unpaired) electrons. The minimum absolute atomic E-state index is 0.0277. The van der Waals surface area contributed by atoms with E-state index >= 15 is 8.78 Å². The van der Waals surface area contributed by atoms with Crippen molar-refractivity contribution in [1.82, 2.24) is 19.6 Å². The molecule has 0 bridgehead atoms. The topological polar surface area (TPSA) is 99.6 Å². The van der Waals surface area contributed by atoms with Gasteiger partial charge in [-0.25, -0.2) is 13.8 Å². The Morgan fingerprint density at radius 1 is 1.05 bits per heavy atom. The Morgan fingerprint density at radius 2 is 1.82 bits per heavy atom. The van der Waals surface area contributed by atoms with Crippen molar-refractivity contribution in [3.05, 3.63) is 71.7 Å². The highest BCUT2D eigenvalue weighted by Gasteiger charge is 2.35. The van der Waals surface area contributed by atoms with E-state index < -0.39 is 11.6 Å². The van der Waals surface area contributed by atoms with Crippen LogP contribution in [0, 0.1) is 17.6 Å². The second kappa shape index (κ2) is 11.2. The van der Waals surface area contributed by atoms with Crippen molar-refractivity contribution in [2.45, 2.75) is 56.6 Å². The van der Waals surface area contributed by atoms with Crippen molar-refractivity contribution in [2.24, 2.45) is 11.7 Å². The van der Waals surface area contributed by atoms with E-state index in [-0.39, 0.29) is 35.2 Å². The molecule has 1 saturated heterocycles. The fourth-order valence-corrected chi connectivity index (χ4v) is 6.42. The number of methoxy groups -OCH3 is 1. The molecule has 6 rings (SSSR count). The van der Waals surface area contributed by atoms with Crippen LogP contribution < -0.4 is 11.1 Å². The van der Waals surface area contributed by atoms with Gasteiger partial charge in [-0.3, -0.25) is 4.98 Å². The first kappa shape index (κ1) is 26.7. The number of nitrogens with zero attached hydrogens (tertiary/aromatic N) is 4. The van der Waals surface area contributed by atoms with Crippen molar-refractivity contribution < 1.29 is 18.3 Å². The fourth-order valence-electron chi connectivity index (χ4n) is 6.42. The molecule has 0 amide bonds. The largest absolute Gasteiger partial charge is 0.381 e. The van der Waals surface area contributed by atoms with Crippen LogP contribution in [0.5, 0.6) is 0 Å². The lowest BCUT2D eigenvalue weighted by Gasteiger charge is -2.38. The second-order valence-electron chi connectivity index (χ2n) is 11.0. The number of aromatic nitrogens is 4. The van der Waals surface area contributed by atoms with E-state index in [0.717, 1.165) is 36.9 Å². The highest BCUT2D eigenvalue weighted by Crippen LogP contribution is 2.40. The number of hydrogen-bond donors (Lipinski definition) is 2. The molecule has 0 spiro atoms. The summed E-state index contributed by atoms with van der Waals surface area (Å²) in [5.41, 5.74) is 9.71. The molecule has 3 N–H and O–H groups in total. The Balaban J connectivity index is 1.30.